The van der Waals surface area contributed by atoms with Gasteiger partial charge in [-0.15, -0.1) is 6.58 Å². The number of carboxylic acids is 1. The molecule has 136 valence electrons. The van der Waals surface area contributed by atoms with Crippen LogP contribution in [0.25, 0.3) is 0 Å². The van der Waals surface area contributed by atoms with E-state index in [0.717, 1.165) is 11.1 Å². The molecule has 1 atom stereocenters. The highest BCUT2D eigenvalue weighted by molar-refractivity contribution is 5.77. The summed E-state index contributed by atoms with van der Waals surface area (Å²) in [7, 11) is 0. The molecule has 4 nitrogen and oxygen atoms in total. The van der Waals surface area contributed by atoms with Gasteiger partial charge >= 0.3 is 5.97 Å². The van der Waals surface area contributed by atoms with E-state index in [0.29, 0.717) is 25.9 Å². The average Bonchev–Trinajstić information content (AvgIpc) is 2.66. The third kappa shape index (κ3) is 6.20. The highest BCUT2D eigenvalue weighted by Gasteiger charge is 2.19. The standard InChI is InChI=1S/C22H25NO3/c1-2-19(20-12-7-4-8-13-20)16-21(24)23(15-9-14-22(25)26)17-18-10-5-3-6-11-18/h2-8,10-13,19H,1,9,14-17H2,(H,25,26). The second kappa shape index (κ2) is 10.2. The summed E-state index contributed by atoms with van der Waals surface area (Å²) in [6.45, 7) is 4.78. The lowest BCUT2D eigenvalue weighted by molar-refractivity contribution is -0.138. The zero-order valence-corrected chi connectivity index (χ0v) is 14.9. The highest BCUT2D eigenvalue weighted by Crippen LogP contribution is 2.22. The van der Waals surface area contributed by atoms with Crippen molar-refractivity contribution in [2.75, 3.05) is 6.54 Å². The van der Waals surface area contributed by atoms with Crippen molar-refractivity contribution in [2.24, 2.45) is 0 Å². The molecule has 0 aliphatic carbocycles. The number of aliphatic carboxylic acids is 1. The van der Waals surface area contributed by atoms with E-state index in [1.165, 1.54) is 0 Å². The SMILES string of the molecule is C=CC(CC(=O)N(CCCC(=O)O)Cc1ccccc1)c1ccccc1. The number of hydrogen-bond acceptors (Lipinski definition) is 2. The first-order valence-electron chi connectivity index (χ1n) is 8.81. The number of nitrogens with zero attached hydrogens (tertiary/aromatic N) is 1. The van der Waals surface area contributed by atoms with Gasteiger partial charge < -0.3 is 10.0 Å². The van der Waals surface area contributed by atoms with Crippen molar-refractivity contribution < 1.29 is 14.7 Å². The molecule has 1 unspecified atom stereocenters. The normalized spacial score (nSPS) is 11.5. The minimum Gasteiger partial charge on any atom is -0.481 e. The molecule has 0 radical (unpaired) electrons. The van der Waals surface area contributed by atoms with Crippen molar-refractivity contribution in [2.45, 2.75) is 31.7 Å². The van der Waals surface area contributed by atoms with Gasteiger partial charge in [0, 0.05) is 31.8 Å². The number of carbonyl (C=O) groups excluding carboxylic acids is 1. The van der Waals surface area contributed by atoms with Gasteiger partial charge in [-0.2, -0.15) is 0 Å². The topological polar surface area (TPSA) is 57.6 Å². The molecule has 0 bridgehead atoms. The fourth-order valence-electron chi connectivity index (χ4n) is 2.87. The van der Waals surface area contributed by atoms with Crippen molar-refractivity contribution in [1.82, 2.24) is 4.90 Å². The maximum Gasteiger partial charge on any atom is 0.303 e. The van der Waals surface area contributed by atoms with Crippen LogP contribution in [0.4, 0.5) is 0 Å². The Kier molecular flexibility index (Phi) is 7.62. The van der Waals surface area contributed by atoms with E-state index in [1.54, 1.807) is 11.0 Å². The Morgan fingerprint density at radius 1 is 1.04 bits per heavy atom. The van der Waals surface area contributed by atoms with Gasteiger partial charge in [0.05, 0.1) is 0 Å². The zero-order valence-electron chi connectivity index (χ0n) is 14.9. The lowest BCUT2D eigenvalue weighted by atomic mass is 9.95. The van der Waals surface area contributed by atoms with Crippen LogP contribution < -0.4 is 0 Å². The first-order valence-corrected chi connectivity index (χ1v) is 8.81. The van der Waals surface area contributed by atoms with Crippen LogP contribution >= 0.6 is 0 Å². The molecule has 0 spiro atoms. The number of rotatable bonds is 10. The van der Waals surface area contributed by atoms with E-state index in [2.05, 4.69) is 6.58 Å². The lowest BCUT2D eigenvalue weighted by Crippen LogP contribution is -2.32. The fourth-order valence-corrected chi connectivity index (χ4v) is 2.87. The summed E-state index contributed by atoms with van der Waals surface area (Å²) >= 11 is 0. The maximum atomic E-state index is 12.9. The van der Waals surface area contributed by atoms with E-state index in [4.69, 9.17) is 5.11 Å². The Balaban J connectivity index is 2.07. The number of amides is 1. The first kappa shape index (κ1) is 19.4. The lowest BCUT2D eigenvalue weighted by Gasteiger charge is -2.25. The van der Waals surface area contributed by atoms with Crippen LogP contribution in [0.1, 0.15) is 36.3 Å². The Bertz CT molecular complexity index is 713. The predicted molar refractivity (Wildman–Crippen MR) is 103 cm³/mol. The number of carbonyl (C=O) groups is 2. The fraction of sp³-hybridized carbons (Fsp3) is 0.273. The molecule has 2 aromatic carbocycles. The van der Waals surface area contributed by atoms with E-state index < -0.39 is 5.97 Å². The van der Waals surface area contributed by atoms with Gasteiger partial charge in [-0.3, -0.25) is 9.59 Å². The van der Waals surface area contributed by atoms with Gasteiger partial charge in [0.2, 0.25) is 5.91 Å². The molecule has 0 aliphatic rings. The van der Waals surface area contributed by atoms with E-state index in [1.807, 2.05) is 60.7 Å². The summed E-state index contributed by atoms with van der Waals surface area (Å²) in [5, 5.41) is 8.87. The molecular formula is C22H25NO3. The van der Waals surface area contributed by atoms with Crippen LogP contribution in [0, 0.1) is 0 Å². The van der Waals surface area contributed by atoms with Crippen molar-refractivity contribution >= 4 is 11.9 Å². The summed E-state index contributed by atoms with van der Waals surface area (Å²) in [5.74, 6) is -0.889. The summed E-state index contributed by atoms with van der Waals surface area (Å²) < 4.78 is 0. The molecule has 2 aromatic rings. The third-order valence-corrected chi connectivity index (χ3v) is 4.29. The van der Waals surface area contributed by atoms with Gasteiger partial charge in [-0.05, 0) is 17.5 Å². The predicted octanol–water partition coefficient (Wildman–Crippen LogP) is 4.24. The smallest absolute Gasteiger partial charge is 0.303 e. The van der Waals surface area contributed by atoms with Crippen molar-refractivity contribution in [3.8, 4) is 0 Å². The summed E-state index contributed by atoms with van der Waals surface area (Å²) in [5.41, 5.74) is 2.09. The molecule has 1 amide bonds. The number of carboxylic acid groups (broad SMARTS) is 1. The average molecular weight is 351 g/mol. The quantitative estimate of drug-likeness (QED) is 0.651. The maximum absolute atomic E-state index is 12.9. The van der Waals surface area contributed by atoms with E-state index in [9.17, 15) is 9.59 Å². The minimum absolute atomic E-state index is 0.00740. The van der Waals surface area contributed by atoms with Crippen LogP contribution in [0.3, 0.4) is 0 Å². The molecule has 0 fully saturated rings. The summed E-state index contributed by atoms with van der Waals surface area (Å²) in [4.78, 5) is 25.4. The van der Waals surface area contributed by atoms with E-state index >= 15 is 0 Å². The van der Waals surface area contributed by atoms with Crippen molar-refractivity contribution in [3.05, 3.63) is 84.4 Å². The zero-order chi connectivity index (χ0) is 18.8. The van der Waals surface area contributed by atoms with Gasteiger partial charge in [0.25, 0.3) is 0 Å². The van der Waals surface area contributed by atoms with Gasteiger partial charge in [-0.25, -0.2) is 0 Å². The van der Waals surface area contributed by atoms with Crippen LogP contribution in [0.2, 0.25) is 0 Å². The number of benzene rings is 2. The first-order chi connectivity index (χ1) is 12.6. The highest BCUT2D eigenvalue weighted by atomic mass is 16.4. The second-order valence-electron chi connectivity index (χ2n) is 6.26. The van der Waals surface area contributed by atoms with Gasteiger partial charge in [0.1, 0.15) is 0 Å². The van der Waals surface area contributed by atoms with Crippen LogP contribution in [0.15, 0.2) is 73.3 Å². The van der Waals surface area contributed by atoms with Crippen LogP contribution in [-0.4, -0.2) is 28.4 Å². The van der Waals surface area contributed by atoms with Gasteiger partial charge in [-0.1, -0.05) is 66.7 Å². The Morgan fingerprint density at radius 2 is 1.65 bits per heavy atom. The number of hydrogen-bond donors (Lipinski definition) is 1. The van der Waals surface area contributed by atoms with Crippen molar-refractivity contribution in [1.29, 1.82) is 0 Å². The molecule has 0 aliphatic heterocycles. The molecule has 2 rings (SSSR count). The molecular weight excluding hydrogens is 326 g/mol. The Morgan fingerprint density at radius 3 is 2.23 bits per heavy atom. The second-order valence-corrected chi connectivity index (χ2v) is 6.26. The molecule has 4 heteroatoms. The molecule has 1 N–H and O–H groups in total. The van der Waals surface area contributed by atoms with Crippen LogP contribution in [-0.2, 0) is 16.1 Å². The summed E-state index contributed by atoms with van der Waals surface area (Å²) in [6.07, 6.45) is 2.62. The molecule has 0 heterocycles. The molecule has 0 saturated carbocycles. The largest absolute Gasteiger partial charge is 0.481 e. The molecule has 0 aromatic heterocycles. The van der Waals surface area contributed by atoms with Crippen LogP contribution in [0.5, 0.6) is 0 Å². The monoisotopic (exact) mass is 351 g/mol. The minimum atomic E-state index is -0.842. The van der Waals surface area contributed by atoms with Gasteiger partial charge in [0.15, 0.2) is 0 Å². The Labute approximate surface area is 154 Å². The Hall–Kier alpha value is -2.88. The summed E-state index contributed by atoms with van der Waals surface area (Å²) in [6, 6.07) is 19.6. The molecule has 0 saturated heterocycles. The van der Waals surface area contributed by atoms with E-state index in [-0.39, 0.29) is 18.2 Å². The van der Waals surface area contributed by atoms with Crippen molar-refractivity contribution in [3.63, 3.8) is 0 Å². The number of allylic oxidation sites excluding steroid dienone is 1. The third-order valence-electron chi connectivity index (χ3n) is 4.29. The molecule has 26 heavy (non-hydrogen) atoms.